The van der Waals surface area contributed by atoms with Gasteiger partial charge in [0.15, 0.2) is 0 Å². The molecule has 0 aromatic heterocycles. The first-order valence-electron chi connectivity index (χ1n) is 10.5. The zero-order valence-electron chi connectivity index (χ0n) is 18.8. The average Bonchev–Trinajstić information content (AvgIpc) is 2.98. The first-order chi connectivity index (χ1) is 15.1. The van der Waals surface area contributed by atoms with Crippen LogP contribution in [0.5, 0.6) is 0 Å². The van der Waals surface area contributed by atoms with Gasteiger partial charge in [0.2, 0.25) is 5.91 Å². The molecule has 2 aromatic rings. The van der Waals surface area contributed by atoms with Gasteiger partial charge in [-0.05, 0) is 68.7 Å². The van der Waals surface area contributed by atoms with Gasteiger partial charge < -0.3 is 10.1 Å². The monoisotopic (exact) mass is 459 g/mol. The SMILES string of the molecule is CCOC(=O)c1ccc(NC(=O)CN2CCN(Cc3c(C)cc(C)cc3C)S2(=O)=O)cc1. The smallest absolute Gasteiger partial charge is 0.338 e. The predicted octanol–water partition coefficient (Wildman–Crippen LogP) is 2.79. The summed E-state index contributed by atoms with van der Waals surface area (Å²) in [5, 5.41) is 2.68. The van der Waals surface area contributed by atoms with E-state index in [4.69, 9.17) is 4.74 Å². The maximum absolute atomic E-state index is 13.0. The van der Waals surface area contributed by atoms with E-state index in [0.29, 0.717) is 17.8 Å². The molecule has 8 nitrogen and oxygen atoms in total. The molecule has 0 aliphatic carbocycles. The molecule has 0 saturated carbocycles. The molecule has 2 aromatic carbocycles. The average molecular weight is 460 g/mol. The lowest BCUT2D eigenvalue weighted by atomic mass is 10.00. The van der Waals surface area contributed by atoms with Crippen LogP contribution in [0.25, 0.3) is 0 Å². The van der Waals surface area contributed by atoms with E-state index in [-0.39, 0.29) is 26.2 Å². The molecule has 1 saturated heterocycles. The topological polar surface area (TPSA) is 96.0 Å². The summed E-state index contributed by atoms with van der Waals surface area (Å²) >= 11 is 0. The molecule has 1 N–H and O–H groups in total. The number of nitrogens with one attached hydrogen (secondary N) is 1. The van der Waals surface area contributed by atoms with Crippen molar-refractivity contribution >= 4 is 27.8 Å². The van der Waals surface area contributed by atoms with Crippen molar-refractivity contribution in [2.24, 2.45) is 0 Å². The lowest BCUT2D eigenvalue weighted by molar-refractivity contribution is -0.116. The van der Waals surface area contributed by atoms with E-state index in [0.717, 1.165) is 22.3 Å². The second-order valence-corrected chi connectivity index (χ2v) is 9.83. The van der Waals surface area contributed by atoms with Gasteiger partial charge in [-0.25, -0.2) is 4.79 Å². The number of nitrogens with zero attached hydrogens (tertiary/aromatic N) is 2. The van der Waals surface area contributed by atoms with Gasteiger partial charge in [-0.15, -0.1) is 0 Å². The number of hydrogen-bond donors (Lipinski definition) is 1. The van der Waals surface area contributed by atoms with Crippen molar-refractivity contribution in [1.82, 2.24) is 8.61 Å². The Kier molecular flexibility index (Phi) is 7.33. The van der Waals surface area contributed by atoms with Crippen molar-refractivity contribution in [3.63, 3.8) is 0 Å². The summed E-state index contributed by atoms with van der Waals surface area (Å²) in [5.74, 6) is -0.880. The molecule has 0 bridgehead atoms. The van der Waals surface area contributed by atoms with Crippen LogP contribution >= 0.6 is 0 Å². The highest BCUT2D eigenvalue weighted by Crippen LogP contribution is 2.24. The van der Waals surface area contributed by atoms with Crippen molar-refractivity contribution in [2.75, 3.05) is 31.6 Å². The van der Waals surface area contributed by atoms with Gasteiger partial charge in [0.1, 0.15) is 0 Å². The fourth-order valence-electron chi connectivity index (χ4n) is 3.84. The first kappa shape index (κ1) is 23.9. The predicted molar refractivity (Wildman–Crippen MR) is 123 cm³/mol. The minimum absolute atomic E-state index is 0.251. The third-order valence-electron chi connectivity index (χ3n) is 5.43. The van der Waals surface area contributed by atoms with E-state index in [1.165, 1.54) is 8.61 Å². The first-order valence-corrected chi connectivity index (χ1v) is 11.9. The number of ether oxygens (including phenoxy) is 1. The number of carbonyl (C=O) groups is 2. The third kappa shape index (κ3) is 5.35. The van der Waals surface area contributed by atoms with Crippen molar-refractivity contribution < 1.29 is 22.7 Å². The van der Waals surface area contributed by atoms with Crippen molar-refractivity contribution in [3.05, 3.63) is 64.2 Å². The van der Waals surface area contributed by atoms with Crippen LogP contribution in [-0.4, -0.2) is 55.1 Å². The number of benzene rings is 2. The second-order valence-electron chi connectivity index (χ2n) is 7.90. The number of anilines is 1. The molecular formula is C23H29N3O5S. The van der Waals surface area contributed by atoms with Crippen LogP contribution in [0.3, 0.4) is 0 Å². The lowest BCUT2D eigenvalue weighted by Gasteiger charge is -2.20. The summed E-state index contributed by atoms with van der Waals surface area (Å²) in [6, 6.07) is 10.4. The van der Waals surface area contributed by atoms with Crippen LogP contribution < -0.4 is 5.32 Å². The molecule has 1 fully saturated rings. The van der Waals surface area contributed by atoms with Gasteiger partial charge in [-0.3, -0.25) is 4.79 Å². The number of hydrogen-bond acceptors (Lipinski definition) is 5. The Labute approximate surface area is 189 Å². The van der Waals surface area contributed by atoms with E-state index in [1.54, 1.807) is 31.2 Å². The zero-order chi connectivity index (χ0) is 23.5. The molecule has 0 unspecified atom stereocenters. The fourth-order valence-corrected chi connectivity index (χ4v) is 5.36. The molecule has 1 amide bonds. The molecule has 0 radical (unpaired) electrons. The Bertz CT molecular complexity index is 1090. The molecular weight excluding hydrogens is 430 g/mol. The van der Waals surface area contributed by atoms with Crippen LogP contribution in [0, 0.1) is 20.8 Å². The summed E-state index contributed by atoms with van der Waals surface area (Å²) in [7, 11) is -3.74. The Morgan fingerprint density at radius 2 is 1.59 bits per heavy atom. The normalized spacial score (nSPS) is 16.1. The van der Waals surface area contributed by atoms with E-state index < -0.39 is 22.1 Å². The van der Waals surface area contributed by atoms with Gasteiger partial charge >= 0.3 is 5.97 Å². The van der Waals surface area contributed by atoms with Crippen molar-refractivity contribution in [2.45, 2.75) is 34.2 Å². The van der Waals surface area contributed by atoms with Crippen molar-refractivity contribution in [1.29, 1.82) is 0 Å². The highest BCUT2D eigenvalue weighted by Gasteiger charge is 2.37. The largest absolute Gasteiger partial charge is 0.462 e. The molecule has 0 spiro atoms. The number of rotatable bonds is 7. The van der Waals surface area contributed by atoms with Crippen LogP contribution in [0.15, 0.2) is 36.4 Å². The minimum atomic E-state index is -3.74. The van der Waals surface area contributed by atoms with Gasteiger partial charge in [0, 0.05) is 25.3 Å². The van der Waals surface area contributed by atoms with Gasteiger partial charge in [0.05, 0.1) is 18.7 Å². The highest BCUT2D eigenvalue weighted by molar-refractivity contribution is 7.87. The van der Waals surface area contributed by atoms with E-state index >= 15 is 0 Å². The zero-order valence-corrected chi connectivity index (χ0v) is 19.7. The standard InChI is InChI=1S/C23H29N3O5S/c1-5-31-23(28)19-6-8-20(9-7-19)24-22(27)15-26-11-10-25(32(26,29)30)14-21-17(3)12-16(2)13-18(21)4/h6-9,12-13H,5,10-11,14-15H2,1-4H3,(H,24,27). The number of aryl methyl sites for hydroxylation is 3. The van der Waals surface area contributed by atoms with Crippen LogP contribution in [0.4, 0.5) is 5.69 Å². The Morgan fingerprint density at radius 1 is 1.00 bits per heavy atom. The van der Waals surface area contributed by atoms with E-state index in [9.17, 15) is 18.0 Å². The van der Waals surface area contributed by atoms with Crippen LogP contribution in [0.1, 0.15) is 39.5 Å². The number of esters is 1. The number of amides is 1. The third-order valence-corrected chi connectivity index (χ3v) is 7.35. The maximum atomic E-state index is 13.0. The maximum Gasteiger partial charge on any atom is 0.338 e. The second kappa shape index (κ2) is 9.81. The highest BCUT2D eigenvalue weighted by atomic mass is 32.2. The Balaban J connectivity index is 1.62. The van der Waals surface area contributed by atoms with Crippen molar-refractivity contribution in [3.8, 4) is 0 Å². The summed E-state index contributed by atoms with van der Waals surface area (Å²) < 4.78 is 33.5. The molecule has 1 aliphatic heterocycles. The lowest BCUT2D eigenvalue weighted by Crippen LogP contribution is -2.38. The molecule has 0 atom stereocenters. The molecule has 172 valence electrons. The number of carbonyl (C=O) groups excluding carboxylic acids is 2. The van der Waals surface area contributed by atoms with Gasteiger partial charge in [0.25, 0.3) is 10.2 Å². The Morgan fingerprint density at radius 3 is 2.19 bits per heavy atom. The summed E-state index contributed by atoms with van der Waals surface area (Å²) in [6.07, 6.45) is 0. The molecule has 9 heteroatoms. The Hall–Kier alpha value is -2.75. The minimum Gasteiger partial charge on any atom is -0.462 e. The van der Waals surface area contributed by atoms with Gasteiger partial charge in [-0.2, -0.15) is 17.0 Å². The summed E-state index contributed by atoms with van der Waals surface area (Å²) in [5.41, 5.74) is 5.10. The van der Waals surface area contributed by atoms with E-state index in [1.807, 2.05) is 32.9 Å². The fraction of sp³-hybridized carbons (Fsp3) is 0.391. The van der Waals surface area contributed by atoms with E-state index in [2.05, 4.69) is 5.32 Å². The van der Waals surface area contributed by atoms with Gasteiger partial charge in [-0.1, -0.05) is 17.7 Å². The summed E-state index contributed by atoms with van der Waals surface area (Å²) in [4.78, 5) is 24.2. The van der Waals surface area contributed by atoms with Crippen LogP contribution in [-0.2, 0) is 26.3 Å². The molecule has 3 rings (SSSR count). The molecule has 1 heterocycles. The quantitative estimate of drug-likeness (QED) is 0.643. The molecule has 32 heavy (non-hydrogen) atoms. The summed E-state index contributed by atoms with van der Waals surface area (Å²) in [6.45, 7) is 8.58. The van der Waals surface area contributed by atoms with Crippen LogP contribution in [0.2, 0.25) is 0 Å². The molecule has 1 aliphatic rings.